The number of nitrogens with zero attached hydrogens (tertiary/aromatic N) is 1. The van der Waals surface area contributed by atoms with Crippen LogP contribution in [0.3, 0.4) is 0 Å². The number of carbonyl (C=O) groups excluding carboxylic acids is 1. The van der Waals surface area contributed by atoms with Crippen LogP contribution in [0.15, 0.2) is 18.2 Å². The smallest absolute Gasteiger partial charge is 0.240 e. The summed E-state index contributed by atoms with van der Waals surface area (Å²) in [5, 5.41) is 2.80. The molecule has 0 bridgehead atoms. The number of rotatable bonds is 9. The van der Waals surface area contributed by atoms with Gasteiger partial charge in [0.1, 0.15) is 18.0 Å². The third-order valence-corrected chi connectivity index (χ3v) is 4.60. The van der Waals surface area contributed by atoms with Crippen molar-refractivity contribution in [1.29, 1.82) is 0 Å². The lowest BCUT2D eigenvalue weighted by molar-refractivity contribution is -0.120. The maximum absolute atomic E-state index is 12.2. The van der Waals surface area contributed by atoms with Crippen molar-refractivity contribution in [3.8, 4) is 11.5 Å². The summed E-state index contributed by atoms with van der Waals surface area (Å²) in [6, 6.07) is 4.77. The molecule has 1 amide bonds. The Labute approximate surface area is 144 Å². The van der Waals surface area contributed by atoms with Gasteiger partial charge in [0.15, 0.2) is 0 Å². The predicted molar refractivity (Wildman–Crippen MR) is 94.2 cm³/mol. The van der Waals surface area contributed by atoms with E-state index >= 15 is 0 Å². The van der Waals surface area contributed by atoms with Gasteiger partial charge in [-0.1, -0.05) is 13.3 Å². The summed E-state index contributed by atoms with van der Waals surface area (Å²) in [6.45, 7) is 3.58. The summed E-state index contributed by atoms with van der Waals surface area (Å²) in [4.78, 5) is 12.2. The normalized spacial score (nSPS) is 12.4. The first kappa shape index (κ1) is 20.1. The molecule has 0 radical (unpaired) electrons. The molecule has 0 fully saturated rings. The van der Waals surface area contributed by atoms with Crippen LogP contribution >= 0.6 is 0 Å². The average Bonchev–Trinajstić information content (AvgIpc) is 2.51. The molecule has 0 saturated heterocycles. The zero-order valence-corrected chi connectivity index (χ0v) is 15.6. The Morgan fingerprint density at radius 2 is 1.96 bits per heavy atom. The number of hydrogen-bond acceptors (Lipinski definition) is 5. The van der Waals surface area contributed by atoms with Crippen LogP contribution in [-0.4, -0.2) is 47.4 Å². The van der Waals surface area contributed by atoms with Crippen LogP contribution in [-0.2, 0) is 14.8 Å². The van der Waals surface area contributed by atoms with Crippen molar-refractivity contribution < 1.29 is 22.7 Å². The maximum Gasteiger partial charge on any atom is 0.240 e. The Hall–Kier alpha value is -1.96. The van der Waals surface area contributed by atoms with E-state index in [1.165, 1.54) is 20.3 Å². The van der Waals surface area contributed by atoms with Gasteiger partial charge in [0.25, 0.3) is 0 Å². The third-order valence-electron chi connectivity index (χ3n) is 3.47. The second-order valence-corrected chi connectivity index (χ2v) is 7.47. The minimum atomic E-state index is -3.68. The quantitative estimate of drug-likeness (QED) is 0.727. The molecule has 0 unspecified atom stereocenters. The molecular weight excluding hydrogens is 332 g/mol. The third kappa shape index (κ3) is 5.59. The molecule has 24 heavy (non-hydrogen) atoms. The molecular formula is C16H26N2O5S. The van der Waals surface area contributed by atoms with Crippen LogP contribution in [0, 0.1) is 0 Å². The fraction of sp³-hybridized carbons (Fsp3) is 0.562. The number of anilines is 1. The second-order valence-electron chi connectivity index (χ2n) is 5.56. The molecule has 0 aliphatic heterocycles. The SMILES string of the molecule is CCC[C@@H](C)NC(=O)CN(c1cc(OC)ccc1OC)S(C)(=O)=O. The Morgan fingerprint density at radius 1 is 1.29 bits per heavy atom. The average molecular weight is 358 g/mol. The van der Waals surface area contributed by atoms with Crippen molar-refractivity contribution in [2.24, 2.45) is 0 Å². The van der Waals surface area contributed by atoms with E-state index in [-0.39, 0.29) is 24.2 Å². The van der Waals surface area contributed by atoms with Crippen molar-refractivity contribution in [2.45, 2.75) is 32.7 Å². The van der Waals surface area contributed by atoms with E-state index in [1.54, 1.807) is 12.1 Å². The van der Waals surface area contributed by atoms with Gasteiger partial charge in [0, 0.05) is 12.1 Å². The van der Waals surface area contributed by atoms with Gasteiger partial charge in [-0.15, -0.1) is 0 Å². The van der Waals surface area contributed by atoms with Gasteiger partial charge in [0.05, 0.1) is 26.2 Å². The van der Waals surface area contributed by atoms with Crippen LogP contribution in [0.25, 0.3) is 0 Å². The number of amides is 1. The summed E-state index contributed by atoms with van der Waals surface area (Å²) in [5.74, 6) is 0.445. The Kier molecular flexibility index (Phi) is 7.34. The van der Waals surface area contributed by atoms with E-state index in [1.807, 2.05) is 13.8 Å². The molecule has 1 atom stereocenters. The van der Waals surface area contributed by atoms with E-state index in [9.17, 15) is 13.2 Å². The molecule has 8 heteroatoms. The van der Waals surface area contributed by atoms with Crippen LogP contribution < -0.4 is 19.1 Å². The first-order valence-electron chi connectivity index (χ1n) is 7.72. The molecule has 0 aromatic heterocycles. The van der Waals surface area contributed by atoms with Crippen LogP contribution in [0.5, 0.6) is 11.5 Å². The zero-order chi connectivity index (χ0) is 18.3. The van der Waals surface area contributed by atoms with E-state index in [4.69, 9.17) is 9.47 Å². The highest BCUT2D eigenvalue weighted by Gasteiger charge is 2.25. The minimum Gasteiger partial charge on any atom is -0.497 e. The number of methoxy groups -OCH3 is 2. The number of ether oxygens (including phenoxy) is 2. The molecule has 0 saturated carbocycles. The molecule has 136 valence electrons. The Bertz CT molecular complexity index is 660. The number of nitrogens with one attached hydrogen (secondary N) is 1. The summed E-state index contributed by atoms with van der Waals surface area (Å²) < 4.78 is 35.8. The first-order valence-corrected chi connectivity index (χ1v) is 9.56. The minimum absolute atomic E-state index is 0.0175. The maximum atomic E-state index is 12.2. The van der Waals surface area contributed by atoms with Crippen molar-refractivity contribution in [3.63, 3.8) is 0 Å². The van der Waals surface area contributed by atoms with Gasteiger partial charge in [-0.05, 0) is 25.5 Å². The molecule has 1 N–H and O–H groups in total. The fourth-order valence-corrected chi connectivity index (χ4v) is 3.18. The molecule has 7 nitrogen and oxygen atoms in total. The second kappa shape index (κ2) is 8.77. The molecule has 0 spiro atoms. The highest BCUT2D eigenvalue weighted by atomic mass is 32.2. The summed E-state index contributed by atoms with van der Waals surface area (Å²) in [5.41, 5.74) is 0.262. The fourth-order valence-electron chi connectivity index (χ4n) is 2.33. The van der Waals surface area contributed by atoms with Crippen molar-refractivity contribution in [2.75, 3.05) is 31.3 Å². The zero-order valence-electron chi connectivity index (χ0n) is 14.8. The lowest BCUT2D eigenvalue weighted by Gasteiger charge is -2.25. The largest absolute Gasteiger partial charge is 0.497 e. The molecule has 1 rings (SSSR count). The number of carbonyl (C=O) groups is 1. The molecule has 0 heterocycles. The first-order chi connectivity index (χ1) is 11.2. The lowest BCUT2D eigenvalue weighted by atomic mass is 10.2. The lowest BCUT2D eigenvalue weighted by Crippen LogP contribution is -2.43. The summed E-state index contributed by atoms with van der Waals surface area (Å²) >= 11 is 0. The highest BCUT2D eigenvalue weighted by Crippen LogP contribution is 2.33. The van der Waals surface area contributed by atoms with Gasteiger partial charge < -0.3 is 14.8 Å². The van der Waals surface area contributed by atoms with Crippen LogP contribution in [0.4, 0.5) is 5.69 Å². The van der Waals surface area contributed by atoms with Crippen molar-refractivity contribution in [3.05, 3.63) is 18.2 Å². The van der Waals surface area contributed by atoms with Gasteiger partial charge in [-0.3, -0.25) is 9.10 Å². The highest BCUT2D eigenvalue weighted by molar-refractivity contribution is 7.92. The predicted octanol–water partition coefficient (Wildman–Crippen LogP) is 1.77. The summed E-state index contributed by atoms with van der Waals surface area (Å²) in [7, 11) is -0.760. The van der Waals surface area contributed by atoms with E-state index in [2.05, 4.69) is 5.32 Å². The van der Waals surface area contributed by atoms with Crippen molar-refractivity contribution in [1.82, 2.24) is 5.32 Å². The van der Waals surface area contributed by atoms with Gasteiger partial charge in [-0.2, -0.15) is 0 Å². The van der Waals surface area contributed by atoms with Crippen LogP contribution in [0.1, 0.15) is 26.7 Å². The van der Waals surface area contributed by atoms with Crippen LogP contribution in [0.2, 0.25) is 0 Å². The van der Waals surface area contributed by atoms with E-state index in [0.717, 1.165) is 23.4 Å². The molecule has 1 aromatic carbocycles. The molecule has 1 aromatic rings. The van der Waals surface area contributed by atoms with Gasteiger partial charge in [-0.25, -0.2) is 8.42 Å². The number of benzene rings is 1. The topological polar surface area (TPSA) is 84.9 Å². The summed E-state index contributed by atoms with van der Waals surface area (Å²) in [6.07, 6.45) is 2.81. The van der Waals surface area contributed by atoms with E-state index in [0.29, 0.717) is 11.5 Å². The number of sulfonamides is 1. The Balaban J connectivity index is 3.13. The van der Waals surface area contributed by atoms with E-state index < -0.39 is 10.0 Å². The Morgan fingerprint density at radius 3 is 2.46 bits per heavy atom. The van der Waals surface area contributed by atoms with Gasteiger partial charge in [0.2, 0.25) is 15.9 Å². The monoisotopic (exact) mass is 358 g/mol. The number of hydrogen-bond donors (Lipinski definition) is 1. The van der Waals surface area contributed by atoms with Gasteiger partial charge >= 0.3 is 0 Å². The molecule has 0 aliphatic carbocycles. The molecule has 0 aliphatic rings. The van der Waals surface area contributed by atoms with Crippen molar-refractivity contribution >= 4 is 21.6 Å². The standard InChI is InChI=1S/C16H26N2O5S/c1-6-7-12(2)17-16(19)11-18(24(5,20)21)14-10-13(22-3)8-9-15(14)23-4/h8-10,12H,6-7,11H2,1-5H3,(H,17,19)/t12-/m1/s1.